The highest BCUT2D eigenvalue weighted by molar-refractivity contribution is 5.30. The Morgan fingerprint density at radius 2 is 1.68 bits per heavy atom. The summed E-state index contributed by atoms with van der Waals surface area (Å²) in [4.78, 5) is 2.44. The monoisotopic (exact) mass is 557 g/mol. The standard InChI is InChI=1S/C29H38F3N7O/c1-37(2)28-14-11-27(12-15-28,13-16-28)24-18-39(36-33-24)22-9-7-20(8-10-22)26-35-34-25(38(26)3)19-40-23-6-4-5-21(17-23)29(30,31)32/h4-6,17-18,20,22H,7-16,19H2,1-3H3. The SMILES string of the molecule is CN(C)C12CCC(c3cn(C4CCC(c5nnc(COc6cccc(C(F)(F)F)c6)n5C)CC4)nn3)(CC1)CC2. The number of hydrogen-bond donors (Lipinski definition) is 0. The van der Waals surface area contributed by atoms with Crippen LogP contribution in [-0.2, 0) is 25.2 Å². The number of fused-ring (bicyclic) bond motifs is 3. The Morgan fingerprint density at radius 1 is 0.975 bits per heavy atom. The zero-order valence-corrected chi connectivity index (χ0v) is 23.5. The summed E-state index contributed by atoms with van der Waals surface area (Å²) in [7, 11) is 6.34. The Hall–Kier alpha value is -2.95. The van der Waals surface area contributed by atoms with Gasteiger partial charge in [0.1, 0.15) is 18.2 Å². The number of halogens is 3. The van der Waals surface area contributed by atoms with Crippen LogP contribution in [0.15, 0.2) is 30.5 Å². The minimum Gasteiger partial charge on any atom is -0.486 e. The molecule has 7 rings (SSSR count). The van der Waals surface area contributed by atoms with Gasteiger partial charge in [0.25, 0.3) is 0 Å². The molecule has 216 valence electrons. The van der Waals surface area contributed by atoms with Crippen molar-refractivity contribution in [2.24, 2.45) is 7.05 Å². The Morgan fingerprint density at radius 3 is 2.33 bits per heavy atom. The number of hydrogen-bond acceptors (Lipinski definition) is 6. The summed E-state index contributed by atoms with van der Waals surface area (Å²) in [6, 6.07) is 5.23. The van der Waals surface area contributed by atoms with Crippen LogP contribution in [0.25, 0.3) is 0 Å². The van der Waals surface area contributed by atoms with Crippen LogP contribution >= 0.6 is 0 Å². The van der Waals surface area contributed by atoms with E-state index in [9.17, 15) is 13.2 Å². The quantitative estimate of drug-likeness (QED) is 0.365. The molecule has 0 N–H and O–H groups in total. The van der Waals surface area contributed by atoms with Crippen molar-refractivity contribution in [3.05, 3.63) is 53.4 Å². The minimum absolute atomic E-state index is 0.0549. The third-order valence-electron chi connectivity index (χ3n) is 10.2. The fraction of sp³-hybridized carbons (Fsp3) is 0.655. The van der Waals surface area contributed by atoms with Crippen LogP contribution in [0.3, 0.4) is 0 Å². The van der Waals surface area contributed by atoms with Crippen LogP contribution in [0.1, 0.15) is 99.1 Å². The lowest BCUT2D eigenvalue weighted by Gasteiger charge is -2.55. The molecule has 4 aliphatic carbocycles. The molecule has 2 bridgehead atoms. The van der Waals surface area contributed by atoms with Crippen LogP contribution in [-0.4, -0.2) is 54.3 Å². The van der Waals surface area contributed by atoms with Crippen LogP contribution in [0.5, 0.6) is 5.75 Å². The second-order valence-corrected chi connectivity index (χ2v) is 12.3. The first-order chi connectivity index (χ1) is 19.1. The van der Waals surface area contributed by atoms with Crippen molar-refractivity contribution in [3.8, 4) is 5.75 Å². The predicted molar refractivity (Wildman–Crippen MR) is 143 cm³/mol. The summed E-state index contributed by atoms with van der Waals surface area (Å²) >= 11 is 0. The number of benzene rings is 1. The van der Waals surface area contributed by atoms with Gasteiger partial charge in [-0.1, -0.05) is 11.3 Å². The van der Waals surface area contributed by atoms with E-state index >= 15 is 0 Å². The molecule has 2 aromatic heterocycles. The van der Waals surface area contributed by atoms with E-state index in [4.69, 9.17) is 9.84 Å². The largest absolute Gasteiger partial charge is 0.486 e. The van der Waals surface area contributed by atoms with Gasteiger partial charge in [0.05, 0.1) is 17.3 Å². The zero-order valence-electron chi connectivity index (χ0n) is 23.5. The Balaban J connectivity index is 1.05. The van der Waals surface area contributed by atoms with E-state index in [0.717, 1.165) is 43.6 Å². The molecule has 1 aromatic carbocycles. The molecule has 4 fully saturated rings. The van der Waals surface area contributed by atoms with Crippen molar-refractivity contribution in [2.75, 3.05) is 14.1 Å². The lowest BCUT2D eigenvalue weighted by molar-refractivity contribution is -0.137. The minimum atomic E-state index is -4.41. The molecule has 8 nitrogen and oxygen atoms in total. The summed E-state index contributed by atoms with van der Waals surface area (Å²) in [6.45, 7) is 0.0549. The van der Waals surface area contributed by atoms with Crippen molar-refractivity contribution in [3.63, 3.8) is 0 Å². The van der Waals surface area contributed by atoms with Gasteiger partial charge in [-0.15, -0.1) is 15.3 Å². The summed E-state index contributed by atoms with van der Waals surface area (Å²) in [5.41, 5.74) is 1.02. The Bertz CT molecular complexity index is 1310. The van der Waals surface area contributed by atoms with E-state index < -0.39 is 11.7 Å². The summed E-state index contributed by atoms with van der Waals surface area (Å²) in [5, 5.41) is 18.0. The van der Waals surface area contributed by atoms with E-state index in [0.29, 0.717) is 17.4 Å². The summed E-state index contributed by atoms with van der Waals surface area (Å²) < 4.78 is 48.7. The second kappa shape index (κ2) is 10.2. The zero-order chi connectivity index (χ0) is 28.1. The first kappa shape index (κ1) is 27.2. The predicted octanol–water partition coefficient (Wildman–Crippen LogP) is 5.81. The first-order valence-corrected chi connectivity index (χ1v) is 14.4. The smallest absolute Gasteiger partial charge is 0.416 e. The Kier molecular flexibility index (Phi) is 6.91. The van der Waals surface area contributed by atoms with Crippen molar-refractivity contribution in [1.29, 1.82) is 0 Å². The van der Waals surface area contributed by atoms with Gasteiger partial charge >= 0.3 is 6.18 Å². The van der Waals surface area contributed by atoms with Gasteiger partial charge in [0.2, 0.25) is 0 Å². The lowest BCUT2D eigenvalue weighted by Crippen LogP contribution is -2.55. The first-order valence-electron chi connectivity index (χ1n) is 14.4. The van der Waals surface area contributed by atoms with Gasteiger partial charge in [0.15, 0.2) is 5.82 Å². The summed E-state index contributed by atoms with van der Waals surface area (Å²) in [5.74, 6) is 1.92. The average Bonchev–Trinajstić information content (AvgIpc) is 3.60. The molecule has 40 heavy (non-hydrogen) atoms. The van der Waals surface area contributed by atoms with E-state index in [1.54, 1.807) is 0 Å². The van der Waals surface area contributed by atoms with Crippen molar-refractivity contribution in [1.82, 2.24) is 34.7 Å². The maximum Gasteiger partial charge on any atom is 0.416 e. The number of ether oxygens (including phenoxy) is 1. The third kappa shape index (κ3) is 4.90. The maximum atomic E-state index is 13.0. The molecule has 0 aliphatic heterocycles. The highest BCUT2D eigenvalue weighted by Gasteiger charge is 2.51. The van der Waals surface area contributed by atoms with Gasteiger partial charge < -0.3 is 14.2 Å². The van der Waals surface area contributed by atoms with E-state index in [-0.39, 0.29) is 23.7 Å². The molecular formula is C29H38F3N7O. The van der Waals surface area contributed by atoms with Gasteiger partial charge in [-0.3, -0.25) is 0 Å². The van der Waals surface area contributed by atoms with E-state index in [1.807, 2.05) is 11.6 Å². The lowest BCUT2D eigenvalue weighted by atomic mass is 9.56. The van der Waals surface area contributed by atoms with E-state index in [2.05, 4.69) is 45.3 Å². The summed E-state index contributed by atoms with van der Waals surface area (Å²) in [6.07, 6.45) is 9.05. The number of rotatable bonds is 7. The van der Waals surface area contributed by atoms with Crippen molar-refractivity contribution >= 4 is 0 Å². The highest BCUT2D eigenvalue weighted by Crippen LogP contribution is 2.54. The molecule has 0 atom stereocenters. The normalized spacial score (nSPS) is 28.8. The molecule has 0 unspecified atom stereocenters. The molecule has 4 aliphatic rings. The van der Waals surface area contributed by atoms with Crippen LogP contribution in [0.2, 0.25) is 0 Å². The Labute approximate surface area is 232 Å². The van der Waals surface area contributed by atoms with Gasteiger partial charge in [-0.2, -0.15) is 13.2 Å². The topological polar surface area (TPSA) is 73.9 Å². The second-order valence-electron chi connectivity index (χ2n) is 12.3. The number of nitrogens with zero attached hydrogens (tertiary/aromatic N) is 7. The maximum absolute atomic E-state index is 13.0. The third-order valence-corrected chi connectivity index (χ3v) is 10.2. The molecule has 2 heterocycles. The van der Waals surface area contributed by atoms with Crippen molar-refractivity contribution in [2.45, 2.75) is 99.9 Å². The molecule has 3 aromatic rings. The average molecular weight is 558 g/mol. The van der Waals surface area contributed by atoms with Crippen LogP contribution in [0, 0.1) is 0 Å². The van der Waals surface area contributed by atoms with Gasteiger partial charge in [-0.25, -0.2) is 4.68 Å². The molecule has 0 spiro atoms. The molecule has 0 saturated heterocycles. The molecule has 0 radical (unpaired) electrons. The van der Waals surface area contributed by atoms with Gasteiger partial charge in [0, 0.05) is 30.1 Å². The molecule has 11 heteroatoms. The molecular weight excluding hydrogens is 519 g/mol. The molecule has 4 saturated carbocycles. The fourth-order valence-corrected chi connectivity index (χ4v) is 7.28. The van der Waals surface area contributed by atoms with Crippen molar-refractivity contribution < 1.29 is 17.9 Å². The number of alkyl halides is 3. The van der Waals surface area contributed by atoms with Gasteiger partial charge in [-0.05, 0) is 96.5 Å². The van der Waals surface area contributed by atoms with E-state index in [1.165, 1.54) is 56.4 Å². The molecule has 0 amide bonds. The van der Waals surface area contributed by atoms with Crippen LogP contribution in [0.4, 0.5) is 13.2 Å². The fourth-order valence-electron chi connectivity index (χ4n) is 7.28. The highest BCUT2D eigenvalue weighted by atomic mass is 19.4. The number of aromatic nitrogens is 6. The van der Waals surface area contributed by atoms with Crippen LogP contribution < -0.4 is 4.74 Å².